The van der Waals surface area contributed by atoms with Crippen molar-refractivity contribution < 1.29 is 31.1 Å². The summed E-state index contributed by atoms with van der Waals surface area (Å²) in [6.45, 7) is -0.464. The van der Waals surface area contributed by atoms with Crippen LogP contribution in [0, 0.1) is 0 Å². The molecule has 0 aliphatic rings. The summed E-state index contributed by atoms with van der Waals surface area (Å²) in [5.74, 6) is -0.671. The molecule has 1 aromatic heterocycles. The molecular weight excluding hydrogens is 481 g/mol. The first-order valence-electron chi connectivity index (χ1n) is 9.68. The average molecular weight is 501 g/mol. The Morgan fingerprint density at radius 3 is 2.30 bits per heavy atom. The molecule has 0 saturated heterocycles. The average Bonchev–Trinajstić information content (AvgIpc) is 3.07. The highest BCUT2D eigenvalue weighted by molar-refractivity contribution is 7.90. The van der Waals surface area contributed by atoms with Gasteiger partial charge in [0.2, 0.25) is 5.88 Å². The number of carbonyl (C=O) groups is 1. The Morgan fingerprint density at radius 2 is 1.73 bits per heavy atom. The summed E-state index contributed by atoms with van der Waals surface area (Å²) in [5, 5.41) is 2.65. The van der Waals surface area contributed by atoms with Gasteiger partial charge in [0, 0.05) is 23.4 Å². The normalized spacial score (nSPS) is 11.9. The molecule has 6 nitrogen and oxygen atoms in total. The van der Waals surface area contributed by atoms with E-state index in [0.717, 1.165) is 16.9 Å². The molecule has 0 radical (unpaired) electrons. The Bertz CT molecular complexity index is 1230. The van der Waals surface area contributed by atoms with Crippen LogP contribution in [0.1, 0.15) is 11.3 Å². The van der Waals surface area contributed by atoms with E-state index in [4.69, 9.17) is 16.3 Å². The van der Waals surface area contributed by atoms with Gasteiger partial charge in [-0.1, -0.05) is 54.1 Å². The molecule has 0 bridgehead atoms. The number of amides is 1. The number of benzene rings is 2. The van der Waals surface area contributed by atoms with E-state index in [9.17, 15) is 26.4 Å². The molecule has 11 heteroatoms. The highest BCUT2D eigenvalue weighted by Crippen LogP contribution is 2.41. The van der Waals surface area contributed by atoms with Crippen LogP contribution in [0.3, 0.4) is 0 Å². The van der Waals surface area contributed by atoms with Gasteiger partial charge in [-0.15, -0.1) is 0 Å². The molecule has 0 saturated carbocycles. The second kappa shape index (κ2) is 9.88. The summed E-state index contributed by atoms with van der Waals surface area (Å²) >= 11 is 5.90. The summed E-state index contributed by atoms with van der Waals surface area (Å²) in [4.78, 5) is 12.4. The lowest BCUT2D eigenvalue weighted by Gasteiger charge is -2.16. The number of halogens is 4. The number of aromatic nitrogens is 1. The first kappa shape index (κ1) is 24.7. The third-order valence-electron chi connectivity index (χ3n) is 4.61. The lowest BCUT2D eigenvalue weighted by Crippen LogP contribution is -2.32. The number of hydrogen-bond donors (Lipinski definition) is 1. The van der Waals surface area contributed by atoms with Crippen molar-refractivity contribution in [2.45, 2.75) is 12.7 Å². The van der Waals surface area contributed by atoms with Gasteiger partial charge in [-0.2, -0.15) is 13.2 Å². The standard InChI is InChI=1S/C22H20ClF3N2O4S/c1-33(30,31)12-11-27-21(29)32-20-18(16-7-9-17(23)10-8-16)13-19(22(24,25)26)28(20)14-15-5-3-2-4-6-15/h2-10,13H,11-12,14H2,1H3,(H,27,29). The number of nitrogens with zero attached hydrogens (tertiary/aromatic N) is 1. The first-order valence-corrected chi connectivity index (χ1v) is 12.1. The van der Waals surface area contributed by atoms with Crippen molar-refractivity contribution in [3.05, 3.63) is 76.9 Å². The summed E-state index contributed by atoms with van der Waals surface area (Å²) in [7, 11) is -3.35. The molecule has 3 aromatic rings. The molecule has 1 heterocycles. The van der Waals surface area contributed by atoms with E-state index in [1.807, 2.05) is 0 Å². The number of hydrogen-bond acceptors (Lipinski definition) is 4. The molecule has 0 aliphatic heterocycles. The van der Waals surface area contributed by atoms with E-state index in [0.29, 0.717) is 16.1 Å². The summed E-state index contributed by atoms with van der Waals surface area (Å²) in [6, 6.07) is 15.4. The molecule has 0 fully saturated rings. The molecular formula is C22H20ClF3N2O4S. The summed E-state index contributed by atoms with van der Waals surface area (Å²) < 4.78 is 70.5. The Kier molecular flexibility index (Phi) is 7.38. The van der Waals surface area contributed by atoms with Gasteiger partial charge in [0.1, 0.15) is 15.5 Å². The fourth-order valence-electron chi connectivity index (χ4n) is 3.10. The molecule has 33 heavy (non-hydrogen) atoms. The molecule has 0 aliphatic carbocycles. The molecule has 0 spiro atoms. The molecule has 176 valence electrons. The van der Waals surface area contributed by atoms with Crippen LogP contribution >= 0.6 is 11.6 Å². The van der Waals surface area contributed by atoms with E-state index < -0.39 is 27.8 Å². The van der Waals surface area contributed by atoms with Gasteiger partial charge in [-0.25, -0.2) is 13.2 Å². The van der Waals surface area contributed by atoms with Gasteiger partial charge in [0.15, 0.2) is 0 Å². The zero-order chi connectivity index (χ0) is 24.2. The van der Waals surface area contributed by atoms with Gasteiger partial charge in [-0.05, 0) is 29.3 Å². The van der Waals surface area contributed by atoms with E-state index in [1.165, 1.54) is 24.3 Å². The Morgan fingerprint density at radius 1 is 1.09 bits per heavy atom. The van der Waals surface area contributed by atoms with Gasteiger partial charge in [0.25, 0.3) is 0 Å². The Hall–Kier alpha value is -2.98. The maximum absolute atomic E-state index is 13.9. The van der Waals surface area contributed by atoms with Crippen LogP contribution in [0.4, 0.5) is 18.0 Å². The quantitative estimate of drug-likeness (QED) is 0.495. The zero-order valence-corrected chi connectivity index (χ0v) is 19.0. The fourth-order valence-corrected chi connectivity index (χ4v) is 3.70. The number of rotatable bonds is 7. The number of ether oxygens (including phenoxy) is 1. The molecule has 3 rings (SSSR count). The Balaban J connectivity index is 2.06. The highest BCUT2D eigenvalue weighted by atomic mass is 35.5. The second-order valence-corrected chi connectivity index (χ2v) is 9.97. The third-order valence-corrected chi connectivity index (χ3v) is 5.81. The molecule has 0 atom stereocenters. The van der Waals surface area contributed by atoms with E-state index in [1.54, 1.807) is 30.3 Å². The topological polar surface area (TPSA) is 77.4 Å². The number of nitrogens with one attached hydrogen (secondary N) is 1. The van der Waals surface area contributed by atoms with Crippen molar-refractivity contribution in [3.63, 3.8) is 0 Å². The maximum atomic E-state index is 13.9. The lowest BCUT2D eigenvalue weighted by molar-refractivity contribution is -0.143. The van der Waals surface area contributed by atoms with Crippen molar-refractivity contribution in [2.24, 2.45) is 0 Å². The highest BCUT2D eigenvalue weighted by Gasteiger charge is 2.38. The fraction of sp³-hybridized carbons (Fsp3) is 0.227. The van der Waals surface area contributed by atoms with Gasteiger partial charge in [0.05, 0.1) is 12.3 Å². The minimum Gasteiger partial charge on any atom is -0.392 e. The van der Waals surface area contributed by atoms with Crippen LogP contribution < -0.4 is 10.1 Å². The number of carbonyl (C=O) groups excluding carboxylic acids is 1. The zero-order valence-electron chi connectivity index (χ0n) is 17.4. The second-order valence-electron chi connectivity index (χ2n) is 7.27. The molecule has 0 unspecified atom stereocenters. The van der Waals surface area contributed by atoms with Crippen molar-refractivity contribution in [2.75, 3.05) is 18.6 Å². The summed E-state index contributed by atoms with van der Waals surface area (Å²) in [5.41, 5.74) is -0.0531. The predicted octanol–water partition coefficient (Wildman–Crippen LogP) is 5.01. The smallest absolute Gasteiger partial charge is 0.392 e. The van der Waals surface area contributed by atoms with Crippen molar-refractivity contribution in [3.8, 4) is 17.0 Å². The SMILES string of the molecule is CS(=O)(=O)CCNC(=O)Oc1c(-c2ccc(Cl)cc2)cc(C(F)(F)F)n1Cc1ccccc1. The summed E-state index contributed by atoms with van der Waals surface area (Å²) in [6.07, 6.45) is -4.81. The van der Waals surface area contributed by atoms with Gasteiger partial charge < -0.3 is 14.6 Å². The minimum absolute atomic E-state index is 0.0354. The van der Waals surface area contributed by atoms with Crippen molar-refractivity contribution in [1.29, 1.82) is 0 Å². The van der Waals surface area contributed by atoms with Crippen molar-refractivity contribution in [1.82, 2.24) is 9.88 Å². The largest absolute Gasteiger partial charge is 0.431 e. The van der Waals surface area contributed by atoms with E-state index in [-0.39, 0.29) is 30.3 Å². The maximum Gasteiger partial charge on any atom is 0.431 e. The monoisotopic (exact) mass is 500 g/mol. The van der Waals surface area contributed by atoms with Crippen molar-refractivity contribution >= 4 is 27.5 Å². The molecule has 1 N–H and O–H groups in total. The van der Waals surface area contributed by atoms with E-state index in [2.05, 4.69) is 5.32 Å². The lowest BCUT2D eigenvalue weighted by atomic mass is 10.1. The molecule has 2 aromatic carbocycles. The van der Waals surface area contributed by atoms with Gasteiger partial charge in [-0.3, -0.25) is 0 Å². The number of alkyl halides is 3. The molecule has 1 amide bonds. The van der Waals surface area contributed by atoms with Gasteiger partial charge >= 0.3 is 12.3 Å². The van der Waals surface area contributed by atoms with Crippen LogP contribution in [0.25, 0.3) is 11.1 Å². The first-order chi connectivity index (χ1) is 15.4. The Labute approximate surface area is 193 Å². The third kappa shape index (κ3) is 6.75. The van der Waals surface area contributed by atoms with E-state index >= 15 is 0 Å². The van der Waals surface area contributed by atoms with Crippen LogP contribution in [0.2, 0.25) is 5.02 Å². The van der Waals surface area contributed by atoms with Crippen LogP contribution in [-0.2, 0) is 22.6 Å². The van der Waals surface area contributed by atoms with Crippen LogP contribution in [0.5, 0.6) is 5.88 Å². The van der Waals surface area contributed by atoms with Crippen LogP contribution in [-0.4, -0.2) is 37.6 Å². The minimum atomic E-state index is -4.73. The number of sulfone groups is 1. The predicted molar refractivity (Wildman–Crippen MR) is 119 cm³/mol. The van der Waals surface area contributed by atoms with Crippen LogP contribution in [0.15, 0.2) is 60.7 Å².